The van der Waals surface area contributed by atoms with E-state index in [4.69, 9.17) is 16.3 Å². The third-order valence-corrected chi connectivity index (χ3v) is 6.01. The van der Waals surface area contributed by atoms with Gasteiger partial charge in [-0.15, -0.1) is 0 Å². The molecule has 2 atom stereocenters. The van der Waals surface area contributed by atoms with E-state index in [1.165, 1.54) is 22.3 Å². The van der Waals surface area contributed by atoms with Gasteiger partial charge < -0.3 is 4.74 Å². The zero-order valence-corrected chi connectivity index (χ0v) is 14.0. The Bertz CT molecular complexity index is 698. The zero-order valence-electron chi connectivity index (χ0n) is 11.6. The maximum Gasteiger partial charge on any atom is 0.125 e. The fraction of sp³-hybridized carbons (Fsp3) is 0.333. The molecule has 1 aliphatic heterocycles. The van der Waals surface area contributed by atoms with E-state index in [0.717, 1.165) is 36.6 Å². The molecule has 4 rings (SSSR count). The van der Waals surface area contributed by atoms with Crippen molar-refractivity contribution in [3.8, 4) is 5.75 Å². The lowest BCUT2D eigenvalue weighted by atomic mass is 9.94. The number of fused-ring (bicyclic) bond motifs is 2. The molecule has 0 radical (unpaired) electrons. The van der Waals surface area contributed by atoms with E-state index in [2.05, 4.69) is 46.3 Å². The van der Waals surface area contributed by atoms with Crippen molar-refractivity contribution >= 4 is 27.5 Å². The van der Waals surface area contributed by atoms with E-state index in [1.54, 1.807) is 0 Å². The molecule has 0 saturated carbocycles. The van der Waals surface area contributed by atoms with Gasteiger partial charge in [0.25, 0.3) is 0 Å². The summed E-state index contributed by atoms with van der Waals surface area (Å²) in [6.45, 7) is 0.783. The van der Waals surface area contributed by atoms with Crippen LogP contribution in [0.25, 0.3) is 0 Å². The summed E-state index contributed by atoms with van der Waals surface area (Å²) < 4.78 is 5.83. The number of alkyl halides is 1. The molecule has 1 aliphatic carbocycles. The summed E-state index contributed by atoms with van der Waals surface area (Å²) in [7, 11) is 0. The number of ether oxygens (including phenoxy) is 1. The van der Waals surface area contributed by atoms with Crippen molar-refractivity contribution in [1.82, 2.24) is 0 Å². The molecule has 2 aromatic carbocycles. The number of rotatable bonds is 2. The molecular weight excluding hydrogens is 348 g/mol. The van der Waals surface area contributed by atoms with Crippen LogP contribution in [0, 0.1) is 5.92 Å². The Kier molecular flexibility index (Phi) is 3.47. The quantitative estimate of drug-likeness (QED) is 0.672. The van der Waals surface area contributed by atoms with Crippen molar-refractivity contribution in [2.24, 2.45) is 5.92 Å². The van der Waals surface area contributed by atoms with Crippen LogP contribution in [0.5, 0.6) is 5.75 Å². The van der Waals surface area contributed by atoms with Gasteiger partial charge >= 0.3 is 0 Å². The Morgan fingerprint density at radius 1 is 1.19 bits per heavy atom. The fourth-order valence-electron chi connectivity index (χ4n) is 3.58. The summed E-state index contributed by atoms with van der Waals surface area (Å²) in [6, 6.07) is 12.8. The van der Waals surface area contributed by atoms with Gasteiger partial charge in [0, 0.05) is 16.3 Å². The van der Waals surface area contributed by atoms with E-state index < -0.39 is 0 Å². The molecule has 1 nitrogen and oxygen atoms in total. The first-order valence-corrected chi connectivity index (χ1v) is 8.67. The highest BCUT2D eigenvalue weighted by Gasteiger charge is 2.31. The maximum absolute atomic E-state index is 6.27. The minimum atomic E-state index is 0.421. The zero-order chi connectivity index (χ0) is 14.4. The topological polar surface area (TPSA) is 9.23 Å². The van der Waals surface area contributed by atoms with Crippen molar-refractivity contribution < 1.29 is 4.74 Å². The monoisotopic (exact) mass is 362 g/mol. The summed E-state index contributed by atoms with van der Waals surface area (Å²) in [6.07, 6.45) is 3.10. The molecule has 1 heterocycles. The molecular formula is C18H16BrClO. The molecule has 21 heavy (non-hydrogen) atoms. The van der Waals surface area contributed by atoms with Crippen LogP contribution in [-0.4, -0.2) is 6.61 Å². The normalized spacial score (nSPS) is 22.8. The van der Waals surface area contributed by atoms with Gasteiger partial charge in [0.15, 0.2) is 0 Å². The fourth-order valence-corrected chi connectivity index (χ4v) is 4.67. The van der Waals surface area contributed by atoms with Crippen LogP contribution in [0.3, 0.4) is 0 Å². The van der Waals surface area contributed by atoms with Crippen molar-refractivity contribution in [3.05, 3.63) is 63.7 Å². The Labute approximate surface area is 138 Å². The first-order chi connectivity index (χ1) is 10.2. The SMILES string of the molecule is Clc1cc2c(c(CC3Cc4ccccc4C3Br)c1)OCC2. The van der Waals surface area contributed by atoms with Crippen LogP contribution in [0.1, 0.15) is 27.1 Å². The lowest BCUT2D eigenvalue weighted by molar-refractivity contribution is 0.351. The second kappa shape index (κ2) is 5.33. The molecule has 2 aromatic rings. The van der Waals surface area contributed by atoms with Gasteiger partial charge in [-0.2, -0.15) is 0 Å². The molecule has 0 spiro atoms. The predicted octanol–water partition coefficient (Wildman–Crippen LogP) is 5.13. The Morgan fingerprint density at radius 3 is 2.90 bits per heavy atom. The molecule has 0 fully saturated rings. The average molecular weight is 364 g/mol. The number of hydrogen-bond acceptors (Lipinski definition) is 1. The van der Waals surface area contributed by atoms with E-state index in [-0.39, 0.29) is 0 Å². The smallest absolute Gasteiger partial charge is 0.125 e. The van der Waals surface area contributed by atoms with Crippen LogP contribution in [-0.2, 0) is 19.3 Å². The van der Waals surface area contributed by atoms with Crippen LogP contribution in [0.15, 0.2) is 36.4 Å². The van der Waals surface area contributed by atoms with Gasteiger partial charge in [-0.1, -0.05) is 51.8 Å². The second-order valence-electron chi connectivity index (χ2n) is 5.92. The summed E-state index contributed by atoms with van der Waals surface area (Å²) in [5.74, 6) is 1.64. The number of halogens is 2. The van der Waals surface area contributed by atoms with Crippen molar-refractivity contribution in [3.63, 3.8) is 0 Å². The van der Waals surface area contributed by atoms with Gasteiger partial charge in [0.05, 0.1) is 6.61 Å². The first kappa shape index (κ1) is 13.7. The highest BCUT2D eigenvalue weighted by Crippen LogP contribution is 2.45. The second-order valence-corrected chi connectivity index (χ2v) is 7.34. The lowest BCUT2D eigenvalue weighted by Crippen LogP contribution is -2.07. The third kappa shape index (κ3) is 2.39. The van der Waals surface area contributed by atoms with Crippen LogP contribution in [0.2, 0.25) is 5.02 Å². The van der Waals surface area contributed by atoms with E-state index >= 15 is 0 Å². The molecule has 0 bridgehead atoms. The largest absolute Gasteiger partial charge is 0.493 e. The molecule has 0 aromatic heterocycles. The van der Waals surface area contributed by atoms with E-state index in [9.17, 15) is 0 Å². The Hall–Kier alpha value is -0.990. The van der Waals surface area contributed by atoms with E-state index in [0.29, 0.717) is 10.7 Å². The summed E-state index contributed by atoms with van der Waals surface area (Å²) in [4.78, 5) is 0.421. The highest BCUT2D eigenvalue weighted by atomic mass is 79.9. The molecule has 0 saturated heterocycles. The number of hydrogen-bond donors (Lipinski definition) is 0. The molecule has 0 amide bonds. The predicted molar refractivity (Wildman–Crippen MR) is 89.7 cm³/mol. The number of benzene rings is 2. The highest BCUT2D eigenvalue weighted by molar-refractivity contribution is 9.09. The molecule has 3 heteroatoms. The van der Waals surface area contributed by atoms with Crippen LogP contribution < -0.4 is 4.74 Å². The maximum atomic E-state index is 6.27. The molecule has 2 unspecified atom stereocenters. The van der Waals surface area contributed by atoms with Crippen LogP contribution >= 0.6 is 27.5 Å². The van der Waals surface area contributed by atoms with E-state index in [1.807, 2.05) is 6.07 Å². The lowest BCUT2D eigenvalue weighted by Gasteiger charge is -2.17. The van der Waals surface area contributed by atoms with Gasteiger partial charge in [0.1, 0.15) is 5.75 Å². The van der Waals surface area contributed by atoms with Crippen molar-refractivity contribution in [2.75, 3.05) is 6.61 Å². The summed E-state index contributed by atoms with van der Waals surface area (Å²) in [5.41, 5.74) is 5.42. The van der Waals surface area contributed by atoms with Gasteiger partial charge in [-0.05, 0) is 53.1 Å². The van der Waals surface area contributed by atoms with Gasteiger partial charge in [-0.3, -0.25) is 0 Å². The average Bonchev–Trinajstić information content (AvgIpc) is 3.05. The molecule has 0 N–H and O–H groups in total. The summed E-state index contributed by atoms with van der Waals surface area (Å²) in [5, 5.41) is 0.830. The Balaban J connectivity index is 1.64. The standard InChI is InChI=1S/C18H16BrClO/c19-17-13(7-11-3-1-2-4-16(11)17)8-14-10-15(20)9-12-5-6-21-18(12)14/h1-4,9-10,13,17H,5-8H2. The van der Waals surface area contributed by atoms with Gasteiger partial charge in [-0.25, -0.2) is 0 Å². The minimum absolute atomic E-state index is 0.421. The summed E-state index contributed by atoms with van der Waals surface area (Å²) >= 11 is 10.2. The Morgan fingerprint density at radius 2 is 2.05 bits per heavy atom. The van der Waals surface area contributed by atoms with Crippen molar-refractivity contribution in [1.29, 1.82) is 0 Å². The third-order valence-electron chi connectivity index (χ3n) is 4.56. The van der Waals surface area contributed by atoms with Crippen LogP contribution in [0.4, 0.5) is 0 Å². The van der Waals surface area contributed by atoms with Gasteiger partial charge in [0.2, 0.25) is 0 Å². The molecule has 2 aliphatic rings. The van der Waals surface area contributed by atoms with Crippen molar-refractivity contribution in [2.45, 2.75) is 24.1 Å². The first-order valence-electron chi connectivity index (χ1n) is 7.38. The minimum Gasteiger partial charge on any atom is -0.493 e. The molecule has 108 valence electrons.